The fourth-order valence-electron chi connectivity index (χ4n) is 5.20. The molecule has 0 saturated carbocycles. The zero-order valence-corrected chi connectivity index (χ0v) is 21.0. The number of hydrogen-bond acceptors (Lipinski definition) is 3. The molecule has 1 aliphatic heterocycles. The number of fused-ring (bicyclic) bond motifs is 1. The van der Waals surface area contributed by atoms with E-state index in [1.54, 1.807) is 0 Å². The van der Waals surface area contributed by atoms with Crippen molar-refractivity contribution in [2.45, 2.75) is 46.6 Å². The maximum absolute atomic E-state index is 4.72. The van der Waals surface area contributed by atoms with Crippen molar-refractivity contribution >= 4 is 11.3 Å². The Balaban J connectivity index is 1.35. The number of benzene rings is 2. The van der Waals surface area contributed by atoms with Gasteiger partial charge in [-0.2, -0.15) is 0 Å². The molecule has 0 amide bonds. The number of aryl methyl sites for hydroxylation is 2. The Morgan fingerprint density at radius 1 is 0.882 bits per heavy atom. The summed E-state index contributed by atoms with van der Waals surface area (Å²) in [6, 6.07) is 21.1. The molecule has 2 aromatic heterocycles. The number of rotatable bonds is 6. The van der Waals surface area contributed by atoms with Crippen LogP contribution in [0.15, 0.2) is 67.0 Å². The lowest BCUT2D eigenvalue weighted by Gasteiger charge is -2.38. The first-order valence-electron chi connectivity index (χ1n) is 12.7. The minimum Gasteiger partial charge on any atom is -0.369 e. The van der Waals surface area contributed by atoms with Crippen LogP contribution < -0.4 is 4.90 Å². The maximum Gasteiger partial charge on any atom is 0.140 e. The van der Waals surface area contributed by atoms with E-state index in [1.165, 1.54) is 39.2 Å². The van der Waals surface area contributed by atoms with Crippen molar-refractivity contribution in [3.63, 3.8) is 0 Å². The van der Waals surface area contributed by atoms with Gasteiger partial charge < -0.3 is 4.90 Å². The fourth-order valence-corrected chi connectivity index (χ4v) is 5.20. The van der Waals surface area contributed by atoms with Crippen LogP contribution in [0.2, 0.25) is 0 Å². The van der Waals surface area contributed by atoms with Crippen LogP contribution in [-0.4, -0.2) is 46.5 Å². The summed E-state index contributed by atoms with van der Waals surface area (Å²) in [5.74, 6) is 0. The van der Waals surface area contributed by atoms with Crippen molar-refractivity contribution in [3.8, 4) is 11.3 Å². The molecule has 0 bridgehead atoms. The molecule has 1 fully saturated rings. The van der Waals surface area contributed by atoms with Crippen LogP contribution in [-0.2, 0) is 12.8 Å². The van der Waals surface area contributed by atoms with Crippen LogP contribution in [0.4, 0.5) is 5.69 Å². The van der Waals surface area contributed by atoms with Gasteiger partial charge in [-0.05, 0) is 79.3 Å². The fraction of sp³-hybridized carbons (Fsp3) is 0.367. The van der Waals surface area contributed by atoms with E-state index in [9.17, 15) is 0 Å². The minimum atomic E-state index is 0.634. The van der Waals surface area contributed by atoms with E-state index >= 15 is 0 Å². The molecular formula is C30H36N4. The minimum absolute atomic E-state index is 0.634. The molecule has 34 heavy (non-hydrogen) atoms. The predicted molar refractivity (Wildman–Crippen MR) is 143 cm³/mol. The van der Waals surface area contributed by atoms with Gasteiger partial charge in [-0.15, -0.1) is 0 Å². The van der Waals surface area contributed by atoms with Gasteiger partial charge in [0.25, 0.3) is 0 Å². The summed E-state index contributed by atoms with van der Waals surface area (Å²) in [5, 5.41) is 0. The zero-order chi connectivity index (χ0) is 23.7. The molecule has 1 saturated heterocycles. The molecule has 0 atom stereocenters. The highest BCUT2D eigenvalue weighted by Gasteiger charge is 2.19. The Kier molecular flexibility index (Phi) is 6.42. The standard InChI is InChI=1S/C30H36N4/c1-5-25-21-26(9-6-23(25)4)29-13-10-27(30-31-14-15-34(29)30)20-24-7-11-28(12-8-24)33-18-16-32(17-19-33)22(2)3/h6-15,21-22H,5,16-20H2,1-4H3. The van der Waals surface area contributed by atoms with Gasteiger partial charge in [0.15, 0.2) is 0 Å². The van der Waals surface area contributed by atoms with Crippen molar-refractivity contribution in [2.24, 2.45) is 0 Å². The van der Waals surface area contributed by atoms with Crippen molar-refractivity contribution < 1.29 is 0 Å². The number of imidazole rings is 1. The number of piperazine rings is 1. The lowest BCUT2D eigenvalue weighted by molar-refractivity contribution is 0.209. The third-order valence-electron chi connectivity index (χ3n) is 7.40. The quantitative estimate of drug-likeness (QED) is 0.359. The Bertz CT molecular complexity index is 1260. The maximum atomic E-state index is 4.72. The molecule has 4 nitrogen and oxygen atoms in total. The normalized spacial score (nSPS) is 14.9. The van der Waals surface area contributed by atoms with E-state index in [0.717, 1.165) is 44.7 Å². The summed E-state index contributed by atoms with van der Waals surface area (Å²) in [6.07, 6.45) is 5.93. The molecule has 4 heteroatoms. The van der Waals surface area contributed by atoms with Crippen LogP contribution in [0.3, 0.4) is 0 Å². The summed E-state index contributed by atoms with van der Waals surface area (Å²) in [7, 11) is 0. The van der Waals surface area contributed by atoms with E-state index in [1.807, 2.05) is 6.20 Å². The topological polar surface area (TPSA) is 23.8 Å². The van der Waals surface area contributed by atoms with Crippen LogP contribution in [0.1, 0.15) is 43.0 Å². The molecule has 2 aromatic carbocycles. The Hall–Kier alpha value is -3.11. The molecule has 0 N–H and O–H groups in total. The van der Waals surface area contributed by atoms with Crippen LogP contribution in [0, 0.1) is 6.92 Å². The second-order valence-corrected chi connectivity index (χ2v) is 9.82. The number of anilines is 1. The van der Waals surface area contributed by atoms with E-state index < -0.39 is 0 Å². The van der Waals surface area contributed by atoms with Gasteiger partial charge in [-0.3, -0.25) is 9.30 Å². The first kappa shape index (κ1) is 22.7. The van der Waals surface area contributed by atoms with Gasteiger partial charge in [0.05, 0.1) is 5.69 Å². The highest BCUT2D eigenvalue weighted by Crippen LogP contribution is 2.27. The molecule has 3 heterocycles. The SMILES string of the molecule is CCc1cc(-c2ccc(Cc3ccc(N4CCN(C(C)C)CC4)cc3)c3nccn23)ccc1C. The van der Waals surface area contributed by atoms with Gasteiger partial charge in [0.2, 0.25) is 0 Å². The summed E-state index contributed by atoms with van der Waals surface area (Å²) in [4.78, 5) is 9.79. The highest BCUT2D eigenvalue weighted by molar-refractivity contribution is 5.67. The molecule has 0 unspecified atom stereocenters. The molecule has 4 aromatic rings. The predicted octanol–water partition coefficient (Wildman–Crippen LogP) is 5.99. The molecule has 176 valence electrons. The first-order chi connectivity index (χ1) is 16.5. The van der Waals surface area contributed by atoms with Crippen molar-refractivity contribution in [3.05, 3.63) is 89.2 Å². The van der Waals surface area contributed by atoms with Crippen LogP contribution in [0.5, 0.6) is 0 Å². The van der Waals surface area contributed by atoms with Crippen molar-refractivity contribution in [2.75, 3.05) is 31.1 Å². The van der Waals surface area contributed by atoms with E-state index in [4.69, 9.17) is 4.98 Å². The molecule has 0 radical (unpaired) electrons. The Morgan fingerprint density at radius 3 is 2.35 bits per heavy atom. The summed E-state index contributed by atoms with van der Waals surface area (Å²) < 4.78 is 2.24. The van der Waals surface area contributed by atoms with Gasteiger partial charge in [0.1, 0.15) is 5.65 Å². The smallest absolute Gasteiger partial charge is 0.140 e. The second-order valence-electron chi connectivity index (χ2n) is 9.82. The number of aromatic nitrogens is 2. The monoisotopic (exact) mass is 452 g/mol. The van der Waals surface area contributed by atoms with Crippen LogP contribution >= 0.6 is 0 Å². The summed E-state index contributed by atoms with van der Waals surface area (Å²) in [5.41, 5.74) is 10.2. The first-order valence-corrected chi connectivity index (χ1v) is 12.7. The summed E-state index contributed by atoms with van der Waals surface area (Å²) in [6.45, 7) is 13.5. The highest BCUT2D eigenvalue weighted by atomic mass is 15.3. The number of pyridine rings is 1. The average molecular weight is 453 g/mol. The van der Waals surface area contributed by atoms with Gasteiger partial charge in [-0.25, -0.2) is 4.98 Å². The van der Waals surface area contributed by atoms with E-state index in [0.29, 0.717) is 6.04 Å². The molecule has 0 aliphatic carbocycles. The third kappa shape index (κ3) is 4.47. The van der Waals surface area contributed by atoms with E-state index in [-0.39, 0.29) is 0 Å². The molecular weight excluding hydrogens is 416 g/mol. The Labute approximate surface area is 203 Å². The second kappa shape index (κ2) is 9.63. The lowest BCUT2D eigenvalue weighted by Crippen LogP contribution is -2.48. The average Bonchev–Trinajstić information content (AvgIpc) is 3.36. The van der Waals surface area contributed by atoms with Crippen molar-refractivity contribution in [1.29, 1.82) is 0 Å². The lowest BCUT2D eigenvalue weighted by atomic mass is 10.00. The largest absolute Gasteiger partial charge is 0.369 e. The van der Waals surface area contributed by atoms with Crippen molar-refractivity contribution in [1.82, 2.24) is 14.3 Å². The van der Waals surface area contributed by atoms with Crippen LogP contribution in [0.25, 0.3) is 16.9 Å². The van der Waals surface area contributed by atoms with E-state index in [2.05, 4.69) is 103 Å². The summed E-state index contributed by atoms with van der Waals surface area (Å²) >= 11 is 0. The van der Waals surface area contributed by atoms with Gasteiger partial charge in [-0.1, -0.05) is 37.3 Å². The zero-order valence-electron chi connectivity index (χ0n) is 21.0. The third-order valence-corrected chi connectivity index (χ3v) is 7.40. The Morgan fingerprint density at radius 2 is 1.65 bits per heavy atom. The molecule has 0 spiro atoms. The number of hydrogen-bond donors (Lipinski definition) is 0. The molecule has 5 rings (SSSR count). The van der Waals surface area contributed by atoms with Gasteiger partial charge >= 0.3 is 0 Å². The number of nitrogens with zero attached hydrogens (tertiary/aromatic N) is 4. The van der Waals surface area contributed by atoms with Gasteiger partial charge in [0, 0.05) is 56.7 Å². The molecule has 1 aliphatic rings.